The van der Waals surface area contributed by atoms with E-state index in [9.17, 15) is 8.42 Å². The molecule has 0 spiro atoms. The van der Waals surface area contributed by atoms with Gasteiger partial charge in [0.2, 0.25) is 10.0 Å². The molecule has 1 aromatic carbocycles. The molecule has 2 rings (SSSR count). The van der Waals surface area contributed by atoms with E-state index >= 15 is 0 Å². The fourth-order valence-corrected chi connectivity index (χ4v) is 4.03. The van der Waals surface area contributed by atoms with E-state index in [0.717, 1.165) is 25.7 Å². The molecule has 3 N–H and O–H groups in total. The number of ether oxygens (including phenoxy) is 2. The highest BCUT2D eigenvalue weighted by molar-refractivity contribution is 7.89. The van der Waals surface area contributed by atoms with E-state index in [4.69, 9.17) is 15.2 Å². The average Bonchev–Trinajstić information content (AvgIpc) is 2.79. The first-order valence-corrected chi connectivity index (χ1v) is 9.94. The Morgan fingerprint density at radius 1 is 1.08 bits per heavy atom. The van der Waals surface area contributed by atoms with Crippen molar-refractivity contribution in [1.29, 1.82) is 0 Å². The molecule has 1 aliphatic carbocycles. The van der Waals surface area contributed by atoms with Gasteiger partial charge in [-0.3, -0.25) is 0 Å². The molecule has 0 radical (unpaired) electrons. The lowest BCUT2D eigenvalue weighted by atomic mass is 9.92. The van der Waals surface area contributed by atoms with E-state index < -0.39 is 15.6 Å². The van der Waals surface area contributed by atoms with Gasteiger partial charge in [-0.15, -0.1) is 0 Å². The Kier molecular flexibility index (Phi) is 7.03. The zero-order chi connectivity index (χ0) is 17.5. The summed E-state index contributed by atoms with van der Waals surface area (Å²) in [7, 11) is -1.96. The number of nitrogens with one attached hydrogen (secondary N) is 1. The molecule has 1 fully saturated rings. The van der Waals surface area contributed by atoms with Gasteiger partial charge in [-0.2, -0.15) is 0 Å². The highest BCUT2D eigenvalue weighted by atomic mass is 32.2. The molecule has 1 aromatic rings. The molecular formula is C17H28N2O4S. The van der Waals surface area contributed by atoms with Gasteiger partial charge in [0.1, 0.15) is 12.4 Å². The minimum atomic E-state index is -3.56. The normalized spacial score (nSPS) is 18.1. The highest BCUT2D eigenvalue weighted by Gasteiger charge is 2.28. The van der Waals surface area contributed by atoms with E-state index in [2.05, 4.69) is 4.72 Å². The summed E-state index contributed by atoms with van der Waals surface area (Å²) >= 11 is 0. The average molecular weight is 356 g/mol. The molecule has 0 amide bonds. The lowest BCUT2D eigenvalue weighted by Gasteiger charge is -2.28. The number of sulfonamides is 1. The minimum Gasteiger partial charge on any atom is -0.491 e. The van der Waals surface area contributed by atoms with Crippen LogP contribution in [0.1, 0.15) is 38.5 Å². The fraction of sp³-hybridized carbons (Fsp3) is 0.647. The van der Waals surface area contributed by atoms with Crippen molar-refractivity contribution in [3.8, 4) is 5.75 Å². The van der Waals surface area contributed by atoms with Crippen LogP contribution in [0, 0.1) is 0 Å². The van der Waals surface area contributed by atoms with Crippen molar-refractivity contribution < 1.29 is 17.9 Å². The summed E-state index contributed by atoms with van der Waals surface area (Å²) in [4.78, 5) is 0.221. The third kappa shape index (κ3) is 5.73. The van der Waals surface area contributed by atoms with Gasteiger partial charge in [-0.1, -0.05) is 25.7 Å². The van der Waals surface area contributed by atoms with E-state index in [-0.39, 0.29) is 11.4 Å². The zero-order valence-corrected chi connectivity index (χ0v) is 15.1. The molecule has 136 valence electrons. The van der Waals surface area contributed by atoms with Gasteiger partial charge in [0.15, 0.2) is 0 Å². The molecule has 0 unspecified atom stereocenters. The summed E-state index contributed by atoms with van der Waals surface area (Å²) in [5.74, 6) is 0.616. The lowest BCUT2D eigenvalue weighted by Crippen LogP contribution is -2.49. The van der Waals surface area contributed by atoms with Crippen LogP contribution in [0.4, 0.5) is 0 Å². The molecule has 1 saturated carbocycles. The Balaban J connectivity index is 1.94. The van der Waals surface area contributed by atoms with Gasteiger partial charge in [0, 0.05) is 19.2 Å². The van der Waals surface area contributed by atoms with E-state index in [1.807, 2.05) is 0 Å². The summed E-state index contributed by atoms with van der Waals surface area (Å²) < 4.78 is 37.9. The lowest BCUT2D eigenvalue weighted by molar-refractivity contribution is 0.146. The van der Waals surface area contributed by atoms with Crippen LogP contribution in [-0.2, 0) is 14.8 Å². The number of rotatable bonds is 8. The molecule has 0 saturated heterocycles. The first kappa shape index (κ1) is 19.2. The maximum atomic E-state index is 12.4. The topological polar surface area (TPSA) is 90.6 Å². The van der Waals surface area contributed by atoms with Crippen LogP contribution in [0.5, 0.6) is 5.75 Å². The second-order valence-electron chi connectivity index (χ2n) is 6.41. The molecule has 0 aliphatic heterocycles. The van der Waals surface area contributed by atoms with Crippen molar-refractivity contribution in [1.82, 2.24) is 4.72 Å². The fourth-order valence-electron chi connectivity index (χ4n) is 2.89. The summed E-state index contributed by atoms with van der Waals surface area (Å²) in [6, 6.07) is 6.38. The van der Waals surface area contributed by atoms with Gasteiger partial charge in [0.25, 0.3) is 0 Å². The van der Waals surface area contributed by atoms with Crippen LogP contribution in [-0.4, -0.2) is 40.8 Å². The van der Waals surface area contributed by atoms with Crippen LogP contribution in [0.25, 0.3) is 0 Å². The molecule has 1 aliphatic rings. The van der Waals surface area contributed by atoms with Crippen molar-refractivity contribution in [2.75, 3.05) is 26.9 Å². The number of nitrogens with two attached hydrogens (primary N) is 1. The first-order chi connectivity index (χ1) is 11.5. The maximum Gasteiger partial charge on any atom is 0.240 e. The van der Waals surface area contributed by atoms with Crippen LogP contribution >= 0.6 is 0 Å². The summed E-state index contributed by atoms with van der Waals surface area (Å²) in [6.45, 7) is 1.19. The quantitative estimate of drug-likeness (QED) is 0.549. The maximum absolute atomic E-state index is 12.4. The first-order valence-electron chi connectivity index (χ1n) is 8.46. The van der Waals surface area contributed by atoms with Crippen molar-refractivity contribution in [2.24, 2.45) is 5.73 Å². The largest absolute Gasteiger partial charge is 0.491 e. The Hall–Kier alpha value is -1.15. The zero-order valence-electron chi connectivity index (χ0n) is 14.3. The Bertz CT molecular complexity index is 594. The SMILES string of the molecule is COCCOc1ccc(S(=O)(=O)NCC2(N)CCCCCC2)cc1. The summed E-state index contributed by atoms with van der Waals surface area (Å²) in [5.41, 5.74) is 5.94. The second kappa shape index (κ2) is 8.80. The molecule has 0 heterocycles. The van der Waals surface area contributed by atoms with E-state index in [1.54, 1.807) is 31.4 Å². The third-order valence-electron chi connectivity index (χ3n) is 4.40. The predicted molar refractivity (Wildman–Crippen MR) is 93.6 cm³/mol. The molecule has 24 heavy (non-hydrogen) atoms. The predicted octanol–water partition coefficient (Wildman–Crippen LogP) is 2.04. The Morgan fingerprint density at radius 2 is 1.71 bits per heavy atom. The third-order valence-corrected chi connectivity index (χ3v) is 5.82. The van der Waals surface area contributed by atoms with Crippen LogP contribution in [0.15, 0.2) is 29.2 Å². The van der Waals surface area contributed by atoms with Crippen molar-refractivity contribution in [3.05, 3.63) is 24.3 Å². The molecular weight excluding hydrogens is 328 g/mol. The second-order valence-corrected chi connectivity index (χ2v) is 8.18. The van der Waals surface area contributed by atoms with E-state index in [0.29, 0.717) is 19.0 Å². The van der Waals surface area contributed by atoms with Gasteiger partial charge < -0.3 is 15.2 Å². The van der Waals surface area contributed by atoms with Crippen molar-refractivity contribution in [2.45, 2.75) is 49.0 Å². The summed E-state index contributed by atoms with van der Waals surface area (Å²) in [6.07, 6.45) is 6.20. The van der Waals surface area contributed by atoms with Crippen LogP contribution < -0.4 is 15.2 Å². The van der Waals surface area contributed by atoms with Gasteiger partial charge in [0.05, 0.1) is 11.5 Å². The van der Waals surface area contributed by atoms with E-state index in [1.165, 1.54) is 12.8 Å². The Morgan fingerprint density at radius 3 is 2.29 bits per heavy atom. The highest BCUT2D eigenvalue weighted by Crippen LogP contribution is 2.25. The van der Waals surface area contributed by atoms with Gasteiger partial charge in [-0.25, -0.2) is 13.1 Å². The molecule has 7 heteroatoms. The standard InChI is InChI=1S/C17H28N2O4S/c1-22-12-13-23-15-6-8-16(9-7-15)24(20,21)19-14-17(18)10-4-2-3-5-11-17/h6-9,19H,2-5,10-14,18H2,1H3. The number of methoxy groups -OCH3 is 1. The van der Waals surface area contributed by atoms with Crippen molar-refractivity contribution in [3.63, 3.8) is 0 Å². The molecule has 6 nitrogen and oxygen atoms in total. The van der Waals surface area contributed by atoms with Crippen LogP contribution in [0.3, 0.4) is 0 Å². The molecule has 0 bridgehead atoms. The smallest absolute Gasteiger partial charge is 0.240 e. The monoisotopic (exact) mass is 356 g/mol. The Labute approximate surface area is 144 Å². The molecule has 0 atom stereocenters. The summed E-state index contributed by atoms with van der Waals surface area (Å²) in [5, 5.41) is 0. The minimum absolute atomic E-state index is 0.221. The van der Waals surface area contributed by atoms with Crippen molar-refractivity contribution >= 4 is 10.0 Å². The number of hydrogen-bond acceptors (Lipinski definition) is 5. The van der Waals surface area contributed by atoms with Gasteiger partial charge in [-0.05, 0) is 37.1 Å². The number of hydrogen-bond donors (Lipinski definition) is 2. The van der Waals surface area contributed by atoms with Gasteiger partial charge >= 0.3 is 0 Å². The molecule has 0 aromatic heterocycles. The van der Waals surface area contributed by atoms with Crippen LogP contribution in [0.2, 0.25) is 0 Å². The number of benzene rings is 1.